The molecule has 0 saturated carbocycles. The molecule has 1 atom stereocenters. The standard InChI is InChI=1S/C11H12N2O2/c1-7-6-9(14)8-4-3-5-10(15-2)11(8)13-12-7/h3-5,7H,6H2,1-2H3. The van der Waals surface area contributed by atoms with Gasteiger partial charge in [-0.2, -0.15) is 10.2 Å². The van der Waals surface area contributed by atoms with Crippen molar-refractivity contribution < 1.29 is 9.53 Å². The van der Waals surface area contributed by atoms with E-state index in [9.17, 15) is 4.79 Å². The van der Waals surface area contributed by atoms with Crippen LogP contribution in [0.15, 0.2) is 28.4 Å². The van der Waals surface area contributed by atoms with E-state index in [0.717, 1.165) is 0 Å². The van der Waals surface area contributed by atoms with Gasteiger partial charge in [-0.3, -0.25) is 4.79 Å². The molecule has 1 aromatic rings. The van der Waals surface area contributed by atoms with E-state index in [2.05, 4.69) is 10.2 Å². The lowest BCUT2D eigenvalue weighted by molar-refractivity contribution is 0.0978. The lowest BCUT2D eigenvalue weighted by Crippen LogP contribution is -2.06. The van der Waals surface area contributed by atoms with Crippen molar-refractivity contribution in [1.82, 2.24) is 0 Å². The normalized spacial score (nSPS) is 19.6. The minimum Gasteiger partial charge on any atom is -0.494 e. The van der Waals surface area contributed by atoms with Gasteiger partial charge in [-0.25, -0.2) is 0 Å². The summed E-state index contributed by atoms with van der Waals surface area (Å²) >= 11 is 0. The fourth-order valence-electron chi connectivity index (χ4n) is 1.59. The number of rotatable bonds is 1. The van der Waals surface area contributed by atoms with Crippen LogP contribution < -0.4 is 4.74 Å². The molecule has 1 aromatic carbocycles. The van der Waals surface area contributed by atoms with Crippen LogP contribution in [-0.2, 0) is 0 Å². The summed E-state index contributed by atoms with van der Waals surface area (Å²) in [5.74, 6) is 0.667. The predicted octanol–water partition coefficient (Wildman–Crippen LogP) is 2.75. The quantitative estimate of drug-likeness (QED) is 0.706. The van der Waals surface area contributed by atoms with Crippen LogP contribution in [-0.4, -0.2) is 18.9 Å². The smallest absolute Gasteiger partial charge is 0.167 e. The second kappa shape index (κ2) is 3.81. The van der Waals surface area contributed by atoms with Crippen molar-refractivity contribution in [3.8, 4) is 5.75 Å². The van der Waals surface area contributed by atoms with Crippen LogP contribution in [0.25, 0.3) is 0 Å². The van der Waals surface area contributed by atoms with Crippen molar-refractivity contribution in [2.24, 2.45) is 10.2 Å². The van der Waals surface area contributed by atoms with Crippen molar-refractivity contribution in [2.45, 2.75) is 19.4 Å². The van der Waals surface area contributed by atoms with E-state index < -0.39 is 0 Å². The predicted molar refractivity (Wildman–Crippen MR) is 55.9 cm³/mol. The highest BCUT2D eigenvalue weighted by Crippen LogP contribution is 2.34. The Morgan fingerprint density at radius 1 is 1.47 bits per heavy atom. The summed E-state index contributed by atoms with van der Waals surface area (Å²) in [5, 5.41) is 8.12. The first-order valence-electron chi connectivity index (χ1n) is 4.83. The average molecular weight is 204 g/mol. The van der Waals surface area contributed by atoms with E-state index in [1.165, 1.54) is 0 Å². The minimum absolute atomic E-state index is 0.0605. The van der Waals surface area contributed by atoms with Gasteiger partial charge in [0.05, 0.1) is 13.2 Å². The van der Waals surface area contributed by atoms with Gasteiger partial charge in [0.2, 0.25) is 0 Å². The van der Waals surface area contributed by atoms with Gasteiger partial charge in [-0.05, 0) is 19.1 Å². The molecule has 1 aliphatic rings. The van der Waals surface area contributed by atoms with Crippen molar-refractivity contribution in [1.29, 1.82) is 0 Å². The highest BCUT2D eigenvalue weighted by atomic mass is 16.5. The van der Waals surface area contributed by atoms with Gasteiger partial charge in [-0.15, -0.1) is 0 Å². The SMILES string of the molecule is COc1cccc2c1N=NC(C)CC2=O. The number of hydrogen-bond acceptors (Lipinski definition) is 4. The molecule has 4 heteroatoms. The number of carbonyl (C=O) groups excluding carboxylic acids is 1. The summed E-state index contributed by atoms with van der Waals surface area (Å²) in [7, 11) is 1.56. The third kappa shape index (κ3) is 1.75. The average Bonchev–Trinajstić information content (AvgIpc) is 2.38. The maximum atomic E-state index is 11.8. The van der Waals surface area contributed by atoms with Crippen molar-refractivity contribution >= 4 is 11.5 Å². The summed E-state index contributed by atoms with van der Waals surface area (Å²) in [4.78, 5) is 11.8. The van der Waals surface area contributed by atoms with Gasteiger partial charge in [0.15, 0.2) is 5.78 Å². The molecular formula is C11H12N2O2. The molecular weight excluding hydrogens is 192 g/mol. The number of Topliss-reactive ketones (excluding diaryl/α,β-unsaturated/α-hetero) is 1. The molecule has 0 aromatic heterocycles. The first kappa shape index (κ1) is 9.83. The maximum Gasteiger partial charge on any atom is 0.167 e. The minimum atomic E-state index is -0.0605. The summed E-state index contributed by atoms with van der Waals surface area (Å²) in [6, 6.07) is 5.27. The van der Waals surface area contributed by atoms with Crippen LogP contribution in [0.1, 0.15) is 23.7 Å². The van der Waals surface area contributed by atoms with Crippen LogP contribution in [0, 0.1) is 0 Å². The highest BCUT2D eigenvalue weighted by Gasteiger charge is 2.20. The molecule has 1 heterocycles. The molecule has 0 aliphatic carbocycles. The number of nitrogens with zero attached hydrogens (tertiary/aromatic N) is 2. The van der Waals surface area contributed by atoms with Crippen LogP contribution in [0.3, 0.4) is 0 Å². The number of ether oxygens (including phenoxy) is 1. The Labute approximate surface area is 88.0 Å². The molecule has 0 saturated heterocycles. The number of carbonyl (C=O) groups is 1. The molecule has 78 valence electrons. The number of benzene rings is 1. The molecule has 0 fully saturated rings. The van der Waals surface area contributed by atoms with E-state index in [1.807, 2.05) is 6.92 Å². The highest BCUT2D eigenvalue weighted by molar-refractivity contribution is 6.02. The van der Waals surface area contributed by atoms with E-state index in [4.69, 9.17) is 4.74 Å². The molecule has 1 unspecified atom stereocenters. The van der Waals surface area contributed by atoms with Gasteiger partial charge in [0.1, 0.15) is 11.4 Å². The zero-order chi connectivity index (χ0) is 10.8. The monoisotopic (exact) mass is 204 g/mol. The maximum absolute atomic E-state index is 11.8. The van der Waals surface area contributed by atoms with Gasteiger partial charge in [0.25, 0.3) is 0 Å². The molecule has 4 nitrogen and oxygen atoms in total. The van der Waals surface area contributed by atoms with Gasteiger partial charge < -0.3 is 4.74 Å². The van der Waals surface area contributed by atoms with Gasteiger partial charge >= 0.3 is 0 Å². The van der Waals surface area contributed by atoms with Crippen molar-refractivity contribution in [3.05, 3.63) is 23.8 Å². The molecule has 0 bridgehead atoms. The van der Waals surface area contributed by atoms with Crippen LogP contribution in [0.4, 0.5) is 5.69 Å². The number of ketones is 1. The lowest BCUT2D eigenvalue weighted by Gasteiger charge is -2.05. The third-order valence-corrected chi connectivity index (χ3v) is 2.35. The molecule has 0 spiro atoms. The van der Waals surface area contributed by atoms with Crippen molar-refractivity contribution in [2.75, 3.05) is 7.11 Å². The molecule has 0 amide bonds. The van der Waals surface area contributed by atoms with Crippen molar-refractivity contribution in [3.63, 3.8) is 0 Å². The zero-order valence-electron chi connectivity index (χ0n) is 8.73. The second-order valence-corrected chi connectivity index (χ2v) is 3.55. The van der Waals surface area contributed by atoms with Crippen LogP contribution in [0.5, 0.6) is 5.75 Å². The molecule has 15 heavy (non-hydrogen) atoms. The number of azo groups is 1. The van der Waals surface area contributed by atoms with Gasteiger partial charge in [-0.1, -0.05) is 6.07 Å². The Kier molecular flexibility index (Phi) is 2.49. The Balaban J connectivity index is 2.57. The van der Waals surface area contributed by atoms with Crippen LogP contribution >= 0.6 is 0 Å². The number of hydrogen-bond donors (Lipinski definition) is 0. The van der Waals surface area contributed by atoms with Gasteiger partial charge in [0, 0.05) is 12.0 Å². The molecule has 0 N–H and O–H groups in total. The van der Waals surface area contributed by atoms with E-state index in [1.54, 1.807) is 25.3 Å². The van der Waals surface area contributed by atoms with Crippen LogP contribution in [0.2, 0.25) is 0 Å². The summed E-state index contributed by atoms with van der Waals surface area (Å²) in [5.41, 5.74) is 1.15. The first-order valence-corrected chi connectivity index (χ1v) is 4.83. The number of methoxy groups -OCH3 is 1. The second-order valence-electron chi connectivity index (χ2n) is 3.55. The number of fused-ring (bicyclic) bond motifs is 1. The summed E-state index contributed by atoms with van der Waals surface area (Å²) in [6.45, 7) is 1.87. The molecule has 1 aliphatic heterocycles. The van der Waals surface area contributed by atoms with E-state index in [0.29, 0.717) is 23.4 Å². The fourth-order valence-corrected chi connectivity index (χ4v) is 1.59. The molecule has 2 rings (SSSR count). The summed E-state index contributed by atoms with van der Waals surface area (Å²) in [6.07, 6.45) is 0.406. The largest absolute Gasteiger partial charge is 0.494 e. The topological polar surface area (TPSA) is 51.0 Å². The Bertz CT molecular complexity index is 427. The van der Waals surface area contributed by atoms with E-state index >= 15 is 0 Å². The third-order valence-electron chi connectivity index (χ3n) is 2.35. The fraction of sp³-hybridized carbons (Fsp3) is 0.364. The molecule has 0 radical (unpaired) electrons. The first-order chi connectivity index (χ1) is 7.22. The lowest BCUT2D eigenvalue weighted by atomic mass is 10.0. The summed E-state index contributed by atoms with van der Waals surface area (Å²) < 4.78 is 5.15. The Hall–Kier alpha value is -1.71. The zero-order valence-corrected chi connectivity index (χ0v) is 8.73. The Morgan fingerprint density at radius 2 is 2.27 bits per heavy atom. The van der Waals surface area contributed by atoms with E-state index in [-0.39, 0.29) is 11.8 Å². The Morgan fingerprint density at radius 3 is 3.00 bits per heavy atom.